The predicted molar refractivity (Wildman–Crippen MR) is 67.9 cm³/mol. The highest BCUT2D eigenvalue weighted by Gasteiger charge is 2.38. The van der Waals surface area contributed by atoms with Gasteiger partial charge in [-0.05, 0) is 37.2 Å². The summed E-state index contributed by atoms with van der Waals surface area (Å²) < 4.78 is 1.78. The van der Waals surface area contributed by atoms with Gasteiger partial charge in [-0.2, -0.15) is 0 Å². The Kier molecular flexibility index (Phi) is 3.02. The van der Waals surface area contributed by atoms with Gasteiger partial charge in [0.25, 0.3) is 5.56 Å². The number of hydrogen-bond donors (Lipinski definition) is 1. The van der Waals surface area contributed by atoms with E-state index >= 15 is 0 Å². The molecule has 2 saturated carbocycles. The van der Waals surface area contributed by atoms with Crippen LogP contribution in [0.2, 0.25) is 0 Å². The third-order valence-electron chi connectivity index (χ3n) is 4.40. The van der Waals surface area contributed by atoms with Crippen LogP contribution >= 0.6 is 0 Å². The van der Waals surface area contributed by atoms with Gasteiger partial charge in [-0.1, -0.05) is 12.5 Å². The number of aromatic nitrogens is 1. The highest BCUT2D eigenvalue weighted by molar-refractivity contribution is 4.95. The van der Waals surface area contributed by atoms with Crippen molar-refractivity contribution in [1.29, 1.82) is 0 Å². The van der Waals surface area contributed by atoms with Crippen molar-refractivity contribution in [2.75, 3.05) is 6.54 Å². The number of nitrogens with zero attached hydrogens (tertiary/aromatic N) is 1. The zero-order valence-electron chi connectivity index (χ0n) is 10.1. The van der Waals surface area contributed by atoms with E-state index in [1.165, 1.54) is 25.7 Å². The van der Waals surface area contributed by atoms with Crippen molar-refractivity contribution >= 4 is 0 Å². The normalized spacial score (nSPS) is 30.9. The molecule has 3 heteroatoms. The van der Waals surface area contributed by atoms with Gasteiger partial charge in [-0.15, -0.1) is 0 Å². The molecule has 3 nitrogen and oxygen atoms in total. The Hall–Kier alpha value is -1.09. The second-order valence-electron chi connectivity index (χ2n) is 5.47. The van der Waals surface area contributed by atoms with Crippen molar-refractivity contribution in [1.82, 2.24) is 9.88 Å². The average Bonchev–Trinajstić information content (AvgIpc) is 2.94. The van der Waals surface area contributed by atoms with Gasteiger partial charge in [0.2, 0.25) is 0 Å². The number of rotatable bonds is 4. The standard InChI is InChI=1S/C14H20N2O/c17-14-3-1-2-7-16(14)8-6-15-13-10-11-4-5-12(13)9-11/h1-3,7,11-13,15H,4-6,8-10H2. The van der Waals surface area contributed by atoms with E-state index in [1.807, 2.05) is 12.3 Å². The van der Waals surface area contributed by atoms with Gasteiger partial charge < -0.3 is 9.88 Å². The predicted octanol–water partition coefficient (Wildman–Crippen LogP) is 1.63. The molecule has 2 bridgehead atoms. The molecule has 1 N–H and O–H groups in total. The molecular formula is C14H20N2O. The number of pyridine rings is 1. The molecule has 92 valence electrons. The molecule has 0 radical (unpaired) electrons. The van der Waals surface area contributed by atoms with Crippen LogP contribution in [0.4, 0.5) is 0 Å². The first kappa shape index (κ1) is 11.0. The van der Waals surface area contributed by atoms with Gasteiger partial charge in [0.15, 0.2) is 0 Å². The molecule has 1 heterocycles. The highest BCUT2D eigenvalue weighted by Crippen LogP contribution is 2.44. The van der Waals surface area contributed by atoms with Crippen molar-refractivity contribution in [3.8, 4) is 0 Å². The number of nitrogens with one attached hydrogen (secondary N) is 1. The minimum absolute atomic E-state index is 0.0993. The van der Waals surface area contributed by atoms with Gasteiger partial charge in [-0.3, -0.25) is 4.79 Å². The molecule has 0 spiro atoms. The maximum atomic E-state index is 11.5. The van der Waals surface area contributed by atoms with Gasteiger partial charge in [-0.25, -0.2) is 0 Å². The fourth-order valence-corrected chi connectivity index (χ4v) is 3.51. The zero-order valence-corrected chi connectivity index (χ0v) is 10.1. The van der Waals surface area contributed by atoms with E-state index in [0.717, 1.165) is 24.9 Å². The van der Waals surface area contributed by atoms with Crippen LogP contribution in [0.15, 0.2) is 29.2 Å². The molecule has 2 aliphatic carbocycles. The molecule has 17 heavy (non-hydrogen) atoms. The fourth-order valence-electron chi connectivity index (χ4n) is 3.51. The molecule has 1 aromatic heterocycles. The third-order valence-corrected chi connectivity index (χ3v) is 4.40. The molecule has 1 aromatic rings. The molecule has 3 unspecified atom stereocenters. The largest absolute Gasteiger partial charge is 0.314 e. The first-order valence-corrected chi connectivity index (χ1v) is 6.72. The lowest BCUT2D eigenvalue weighted by molar-refractivity contribution is 0.346. The second-order valence-corrected chi connectivity index (χ2v) is 5.47. The fraction of sp³-hybridized carbons (Fsp3) is 0.643. The van der Waals surface area contributed by atoms with Crippen LogP contribution in [0.5, 0.6) is 0 Å². The minimum Gasteiger partial charge on any atom is -0.314 e. The SMILES string of the molecule is O=c1ccccn1CCNC1CC2CCC1C2. The molecule has 2 fully saturated rings. The van der Waals surface area contributed by atoms with Crippen molar-refractivity contribution in [3.63, 3.8) is 0 Å². The average molecular weight is 232 g/mol. The lowest BCUT2D eigenvalue weighted by Gasteiger charge is -2.23. The Morgan fingerprint density at radius 2 is 2.24 bits per heavy atom. The van der Waals surface area contributed by atoms with Gasteiger partial charge in [0.05, 0.1) is 0 Å². The first-order valence-electron chi connectivity index (χ1n) is 6.72. The zero-order chi connectivity index (χ0) is 11.7. The Bertz CT molecular complexity index is 440. The van der Waals surface area contributed by atoms with Crippen molar-refractivity contribution in [3.05, 3.63) is 34.7 Å². The molecule has 2 aliphatic rings. The van der Waals surface area contributed by atoms with Gasteiger partial charge in [0.1, 0.15) is 0 Å². The minimum atomic E-state index is 0.0993. The van der Waals surface area contributed by atoms with E-state index in [1.54, 1.807) is 16.7 Å². The summed E-state index contributed by atoms with van der Waals surface area (Å²) in [7, 11) is 0. The smallest absolute Gasteiger partial charge is 0.250 e. The topological polar surface area (TPSA) is 34.0 Å². The molecule has 0 amide bonds. The summed E-state index contributed by atoms with van der Waals surface area (Å²) >= 11 is 0. The maximum absolute atomic E-state index is 11.5. The highest BCUT2D eigenvalue weighted by atomic mass is 16.1. The first-order chi connectivity index (χ1) is 8.33. The van der Waals surface area contributed by atoms with Crippen LogP contribution in [0.1, 0.15) is 25.7 Å². The lowest BCUT2D eigenvalue weighted by atomic mass is 9.95. The Morgan fingerprint density at radius 1 is 1.29 bits per heavy atom. The Morgan fingerprint density at radius 3 is 2.94 bits per heavy atom. The van der Waals surface area contributed by atoms with E-state index in [2.05, 4.69) is 5.32 Å². The molecule has 0 saturated heterocycles. The van der Waals surface area contributed by atoms with Crippen LogP contribution in [0.3, 0.4) is 0 Å². The molecule has 0 aliphatic heterocycles. The van der Waals surface area contributed by atoms with Crippen LogP contribution in [0, 0.1) is 11.8 Å². The summed E-state index contributed by atoms with van der Waals surface area (Å²) in [6.45, 7) is 1.70. The molecule has 0 aromatic carbocycles. The quantitative estimate of drug-likeness (QED) is 0.856. The second kappa shape index (κ2) is 4.65. The Labute approximate surface area is 102 Å². The molecule has 3 atom stereocenters. The van der Waals surface area contributed by atoms with Crippen molar-refractivity contribution in [2.45, 2.75) is 38.3 Å². The van der Waals surface area contributed by atoms with Gasteiger partial charge in [0, 0.05) is 31.4 Å². The number of fused-ring (bicyclic) bond motifs is 2. The summed E-state index contributed by atoms with van der Waals surface area (Å²) in [5, 5.41) is 3.63. The van der Waals surface area contributed by atoms with Crippen molar-refractivity contribution in [2.24, 2.45) is 11.8 Å². The summed E-state index contributed by atoms with van der Waals surface area (Å²) in [4.78, 5) is 11.5. The summed E-state index contributed by atoms with van der Waals surface area (Å²) in [5.41, 5.74) is 0.0993. The van der Waals surface area contributed by atoms with Crippen LogP contribution < -0.4 is 10.9 Å². The third kappa shape index (κ3) is 2.29. The molecule has 3 rings (SSSR count). The number of hydrogen-bond acceptors (Lipinski definition) is 2. The molecular weight excluding hydrogens is 212 g/mol. The summed E-state index contributed by atoms with van der Waals surface area (Å²) in [6.07, 6.45) is 7.51. The van der Waals surface area contributed by atoms with E-state index in [-0.39, 0.29) is 5.56 Å². The van der Waals surface area contributed by atoms with E-state index in [0.29, 0.717) is 6.04 Å². The maximum Gasteiger partial charge on any atom is 0.250 e. The van der Waals surface area contributed by atoms with E-state index in [9.17, 15) is 4.79 Å². The van der Waals surface area contributed by atoms with Crippen LogP contribution in [-0.4, -0.2) is 17.2 Å². The van der Waals surface area contributed by atoms with Crippen molar-refractivity contribution < 1.29 is 0 Å². The van der Waals surface area contributed by atoms with E-state index < -0.39 is 0 Å². The van der Waals surface area contributed by atoms with Gasteiger partial charge >= 0.3 is 0 Å². The van der Waals surface area contributed by atoms with Crippen LogP contribution in [-0.2, 0) is 6.54 Å². The monoisotopic (exact) mass is 232 g/mol. The lowest BCUT2D eigenvalue weighted by Crippen LogP contribution is -2.37. The summed E-state index contributed by atoms with van der Waals surface area (Å²) in [6, 6.07) is 6.05. The van der Waals surface area contributed by atoms with Crippen LogP contribution in [0.25, 0.3) is 0 Å². The van der Waals surface area contributed by atoms with E-state index in [4.69, 9.17) is 0 Å². The summed E-state index contributed by atoms with van der Waals surface area (Å²) in [5.74, 6) is 1.89. The Balaban J connectivity index is 1.50.